The lowest BCUT2D eigenvalue weighted by molar-refractivity contribution is -0.0414. The molecule has 1 aliphatic rings. The highest BCUT2D eigenvalue weighted by Crippen LogP contribution is 2.66. The minimum Gasteiger partial charge on any atom is -0.422 e. The maximum absolute atomic E-state index is 11.8. The molecular formula is C10H15N5O12P3-. The van der Waals surface area contributed by atoms with Crippen molar-refractivity contribution in [2.24, 2.45) is 0 Å². The van der Waals surface area contributed by atoms with Crippen molar-refractivity contribution in [2.45, 2.75) is 18.4 Å². The van der Waals surface area contributed by atoms with Gasteiger partial charge in [0.2, 0.25) is 0 Å². The number of hydrogen-bond donors (Lipinski definition) is 6. The average molecular weight is 490 g/mol. The highest BCUT2D eigenvalue weighted by Gasteiger charge is 2.41. The van der Waals surface area contributed by atoms with Crippen LogP contribution in [-0.2, 0) is 31.6 Å². The fourth-order valence-electron chi connectivity index (χ4n) is 2.42. The first-order valence-electron chi connectivity index (χ1n) is 7.66. The van der Waals surface area contributed by atoms with E-state index in [0.29, 0.717) is 0 Å². The Morgan fingerprint density at radius 2 is 1.83 bits per heavy atom. The molecule has 3 rings (SSSR count). The van der Waals surface area contributed by atoms with Crippen molar-refractivity contribution in [1.29, 1.82) is 0 Å². The van der Waals surface area contributed by atoms with Crippen molar-refractivity contribution in [3.8, 4) is 0 Å². The van der Waals surface area contributed by atoms with Crippen LogP contribution in [-0.4, -0.2) is 63.0 Å². The van der Waals surface area contributed by atoms with Gasteiger partial charge in [0.05, 0.1) is 19.0 Å². The maximum atomic E-state index is 11.8. The lowest BCUT2D eigenvalue weighted by Gasteiger charge is -2.21. The minimum absolute atomic E-state index is 0.113. The van der Waals surface area contributed by atoms with Crippen LogP contribution >= 0.6 is 23.5 Å². The number of nitrogens with two attached hydrogens (primary N) is 1. The molecule has 0 aliphatic carbocycles. The van der Waals surface area contributed by atoms with E-state index in [4.69, 9.17) is 25.2 Å². The van der Waals surface area contributed by atoms with Gasteiger partial charge >= 0.3 is 23.5 Å². The molecule has 2 unspecified atom stereocenters. The topological polar surface area (TPSA) is 259 Å². The van der Waals surface area contributed by atoms with Gasteiger partial charge < -0.3 is 39.7 Å². The number of imidazole rings is 1. The molecule has 3 heterocycles. The van der Waals surface area contributed by atoms with Crippen LogP contribution < -0.4 is 5.73 Å². The standard InChI is InChI=1S/C10H15N5O12P3/c11-9-8-10(13-3-12-9)15(4-14-8)7-1-5(16)6(25-7)2-24-29(20,21)27-30(22,23)26-28(17,18)19/h1,3-7,16H,2H2,(H,20,21)(H,22,23)(H2,11,12,13)(H2,17,18,19)/q-1/t5-,6+,7+/m0/s1. The summed E-state index contributed by atoms with van der Waals surface area (Å²) in [6, 6.07) is 0. The molecule has 1 aliphatic heterocycles. The average Bonchev–Trinajstić information content (AvgIpc) is 3.14. The van der Waals surface area contributed by atoms with E-state index in [9.17, 15) is 23.7 Å². The van der Waals surface area contributed by atoms with Gasteiger partial charge in [0.25, 0.3) is 0 Å². The third-order valence-corrected chi connectivity index (χ3v) is 7.34. The first-order valence-corrected chi connectivity index (χ1v) is 12.2. The monoisotopic (exact) mass is 490 g/mol. The van der Waals surface area contributed by atoms with Crippen molar-refractivity contribution in [3.63, 3.8) is 0 Å². The third-order valence-electron chi connectivity index (χ3n) is 3.54. The van der Waals surface area contributed by atoms with Crippen molar-refractivity contribution in [2.75, 3.05) is 12.3 Å². The smallest absolute Gasteiger partial charge is 0.422 e. The molecule has 0 aromatic carbocycles. The second-order valence-corrected chi connectivity index (χ2v) is 10.1. The number of ether oxygens (including phenoxy) is 1. The van der Waals surface area contributed by atoms with Gasteiger partial charge in [-0.25, -0.2) is 35.1 Å². The van der Waals surface area contributed by atoms with Gasteiger partial charge in [-0.15, -0.1) is 0 Å². The van der Waals surface area contributed by atoms with Crippen LogP contribution in [0, 0.1) is 6.42 Å². The Labute approximate surface area is 166 Å². The van der Waals surface area contributed by atoms with Crippen LogP contribution in [0.2, 0.25) is 0 Å². The molecule has 2 aromatic heterocycles. The largest absolute Gasteiger partial charge is 0.490 e. The zero-order chi connectivity index (χ0) is 22.3. The second-order valence-electron chi connectivity index (χ2n) is 5.72. The Morgan fingerprint density at radius 3 is 2.50 bits per heavy atom. The van der Waals surface area contributed by atoms with E-state index in [0.717, 1.165) is 0 Å². The first-order chi connectivity index (χ1) is 13.8. The summed E-state index contributed by atoms with van der Waals surface area (Å²) in [5.41, 5.74) is 6.24. The molecule has 20 heteroatoms. The number of phosphoric acid groups is 3. The highest BCUT2D eigenvalue weighted by molar-refractivity contribution is 7.66. The van der Waals surface area contributed by atoms with Gasteiger partial charge in [-0.2, -0.15) is 8.62 Å². The van der Waals surface area contributed by atoms with Crippen LogP contribution in [0.15, 0.2) is 12.7 Å². The van der Waals surface area contributed by atoms with Crippen LogP contribution in [0.25, 0.3) is 11.2 Å². The molecule has 168 valence electrons. The van der Waals surface area contributed by atoms with Crippen molar-refractivity contribution in [3.05, 3.63) is 19.1 Å². The van der Waals surface area contributed by atoms with E-state index in [2.05, 4.69) is 28.1 Å². The summed E-state index contributed by atoms with van der Waals surface area (Å²) in [7, 11) is -16.5. The molecule has 0 radical (unpaired) electrons. The van der Waals surface area contributed by atoms with Crippen molar-refractivity contribution < 1.29 is 56.3 Å². The number of fused-ring (bicyclic) bond motifs is 1. The molecule has 0 amide bonds. The Bertz CT molecular complexity index is 1070. The van der Waals surface area contributed by atoms with E-state index in [-0.39, 0.29) is 17.0 Å². The first kappa shape index (κ1) is 23.3. The van der Waals surface area contributed by atoms with E-state index in [1.807, 2.05) is 0 Å². The van der Waals surface area contributed by atoms with Crippen LogP contribution in [0.4, 0.5) is 5.82 Å². The van der Waals surface area contributed by atoms with Crippen molar-refractivity contribution in [1.82, 2.24) is 19.5 Å². The zero-order valence-corrected chi connectivity index (χ0v) is 17.2. The van der Waals surface area contributed by atoms with Crippen molar-refractivity contribution >= 4 is 40.4 Å². The molecule has 0 bridgehead atoms. The molecule has 17 nitrogen and oxygen atoms in total. The molecule has 0 spiro atoms. The van der Waals surface area contributed by atoms with Gasteiger partial charge in [-0.05, 0) is 6.10 Å². The SMILES string of the molecule is Nc1ncnc2c1ncn2[C@H]1[CH-][C@H](O)[C@@H](COP(=O)(O)OP(=O)(O)OP(=O)(O)O)O1. The number of nitrogen functional groups attached to an aromatic ring is 1. The lowest BCUT2D eigenvalue weighted by atomic mass is 10.2. The summed E-state index contributed by atoms with van der Waals surface area (Å²) < 4.78 is 52.2. The zero-order valence-electron chi connectivity index (χ0n) is 14.5. The van der Waals surface area contributed by atoms with Gasteiger partial charge in [-0.3, -0.25) is 4.52 Å². The maximum Gasteiger partial charge on any atom is 0.490 e. The van der Waals surface area contributed by atoms with Gasteiger partial charge in [0.15, 0.2) is 11.5 Å². The fraction of sp³-hybridized carbons (Fsp3) is 0.400. The predicted octanol–water partition coefficient (Wildman–Crippen LogP) is -0.786. The number of aromatic nitrogens is 4. The predicted molar refractivity (Wildman–Crippen MR) is 93.8 cm³/mol. The van der Waals surface area contributed by atoms with E-state index in [1.165, 1.54) is 23.6 Å². The molecule has 7 N–H and O–H groups in total. The third kappa shape index (κ3) is 5.68. The van der Waals surface area contributed by atoms with Gasteiger partial charge in [0, 0.05) is 6.23 Å². The summed E-state index contributed by atoms with van der Waals surface area (Å²) in [6.07, 6.45) is 0.288. The summed E-state index contributed by atoms with van der Waals surface area (Å²) in [4.78, 5) is 47.4. The minimum atomic E-state index is -5.65. The number of hydrogen-bond acceptors (Lipinski definition) is 12. The number of aliphatic hydroxyl groups is 1. The fourth-order valence-corrected chi connectivity index (χ4v) is 5.45. The second kappa shape index (κ2) is 8.31. The Balaban J connectivity index is 1.64. The molecule has 5 atom stereocenters. The summed E-state index contributed by atoms with van der Waals surface area (Å²) in [5.74, 6) is 0.113. The lowest BCUT2D eigenvalue weighted by Crippen LogP contribution is -2.26. The van der Waals surface area contributed by atoms with Gasteiger partial charge in [0.1, 0.15) is 11.8 Å². The summed E-state index contributed by atoms with van der Waals surface area (Å²) in [5, 5.41) is 10.1. The van der Waals surface area contributed by atoms with E-state index < -0.39 is 48.5 Å². The normalized spacial score (nSPS) is 26.5. The Hall–Kier alpha value is -1.32. The number of nitrogens with zero attached hydrogens (tertiary/aromatic N) is 4. The summed E-state index contributed by atoms with van der Waals surface area (Å²) >= 11 is 0. The van der Waals surface area contributed by atoms with E-state index in [1.54, 1.807) is 0 Å². The molecule has 2 aromatic rings. The quantitative estimate of drug-likeness (QED) is 0.196. The Kier molecular flexibility index (Phi) is 6.47. The molecule has 30 heavy (non-hydrogen) atoms. The summed E-state index contributed by atoms with van der Waals surface area (Å²) in [6.45, 7) is -0.818. The van der Waals surface area contributed by atoms with E-state index >= 15 is 0 Å². The number of phosphoric ester groups is 1. The number of rotatable bonds is 8. The van der Waals surface area contributed by atoms with Crippen LogP contribution in [0.1, 0.15) is 6.23 Å². The number of aliphatic hydroxyl groups excluding tert-OH is 1. The molecular weight excluding hydrogens is 475 g/mol. The number of anilines is 1. The van der Waals surface area contributed by atoms with Gasteiger partial charge in [-0.1, -0.05) is 0 Å². The van der Waals surface area contributed by atoms with Crippen LogP contribution in [0.5, 0.6) is 0 Å². The highest BCUT2D eigenvalue weighted by atomic mass is 31.3. The molecule has 1 fully saturated rings. The molecule has 1 saturated heterocycles. The Morgan fingerprint density at radius 1 is 1.13 bits per heavy atom. The van der Waals surface area contributed by atoms with Crippen LogP contribution in [0.3, 0.4) is 0 Å². The molecule has 0 saturated carbocycles.